The molecular formula is C16H21FN2O3. The molecule has 120 valence electrons. The maximum absolute atomic E-state index is 13.5. The summed E-state index contributed by atoms with van der Waals surface area (Å²) in [7, 11) is 0. The van der Waals surface area contributed by atoms with Gasteiger partial charge in [0.25, 0.3) is 0 Å². The summed E-state index contributed by atoms with van der Waals surface area (Å²) in [5.41, 5.74) is 0.104. The Morgan fingerprint density at radius 1 is 1.45 bits per heavy atom. The van der Waals surface area contributed by atoms with E-state index in [1.54, 1.807) is 32.9 Å². The quantitative estimate of drug-likeness (QED) is 0.895. The molecule has 2 N–H and O–H groups in total. The fourth-order valence-electron chi connectivity index (χ4n) is 2.59. The van der Waals surface area contributed by atoms with Crippen molar-refractivity contribution in [2.75, 3.05) is 18.4 Å². The number of carbonyl (C=O) groups excluding carboxylic acids is 1. The molecule has 1 aromatic rings. The summed E-state index contributed by atoms with van der Waals surface area (Å²) < 4.78 is 13.5. The Bertz CT molecular complexity index is 605. The van der Waals surface area contributed by atoms with E-state index >= 15 is 0 Å². The zero-order valence-corrected chi connectivity index (χ0v) is 13.0. The lowest BCUT2D eigenvalue weighted by atomic mass is 9.90. The van der Waals surface area contributed by atoms with Gasteiger partial charge in [0.1, 0.15) is 5.82 Å². The zero-order valence-electron chi connectivity index (χ0n) is 13.0. The van der Waals surface area contributed by atoms with Crippen molar-refractivity contribution in [1.82, 2.24) is 4.90 Å². The normalized spacial score (nSPS) is 23.3. The number of carboxylic acid groups (broad SMARTS) is 1. The molecule has 1 amide bonds. The van der Waals surface area contributed by atoms with Crippen LogP contribution in [0.15, 0.2) is 18.2 Å². The molecule has 2 atom stereocenters. The van der Waals surface area contributed by atoms with Gasteiger partial charge in [-0.25, -0.2) is 4.39 Å². The molecule has 1 fully saturated rings. The Balaban J connectivity index is 2.01. The molecule has 0 radical (unpaired) electrons. The predicted molar refractivity (Wildman–Crippen MR) is 81.2 cm³/mol. The van der Waals surface area contributed by atoms with E-state index in [1.807, 2.05) is 4.90 Å². The molecule has 0 bridgehead atoms. The number of carbonyl (C=O) groups is 2. The van der Waals surface area contributed by atoms with Crippen molar-refractivity contribution in [3.05, 3.63) is 29.6 Å². The lowest BCUT2D eigenvalue weighted by Crippen LogP contribution is -2.42. The van der Waals surface area contributed by atoms with Crippen LogP contribution >= 0.6 is 0 Å². The van der Waals surface area contributed by atoms with Crippen molar-refractivity contribution in [1.29, 1.82) is 0 Å². The molecule has 1 aliphatic heterocycles. The lowest BCUT2D eigenvalue weighted by Gasteiger charge is -2.25. The molecule has 1 aromatic carbocycles. The predicted octanol–water partition coefficient (Wildman–Crippen LogP) is 2.26. The van der Waals surface area contributed by atoms with E-state index in [-0.39, 0.29) is 11.7 Å². The van der Waals surface area contributed by atoms with Crippen molar-refractivity contribution in [3.8, 4) is 0 Å². The summed E-state index contributed by atoms with van der Waals surface area (Å²) in [5, 5.41) is 11.9. The van der Waals surface area contributed by atoms with Crippen LogP contribution in [0.25, 0.3) is 0 Å². The van der Waals surface area contributed by atoms with Crippen LogP contribution in [0.4, 0.5) is 10.1 Å². The standard InChI is InChI=1S/C16H21FN2O3/c1-10-4-5-12(8-13(10)17)18-14(20)11(2)19-7-6-16(3,9-19)15(21)22/h4-5,8,11H,6-7,9H2,1-3H3,(H,18,20)(H,21,22). The fourth-order valence-corrected chi connectivity index (χ4v) is 2.59. The number of aliphatic carboxylic acids is 1. The molecule has 2 unspecified atom stereocenters. The number of hydrogen-bond acceptors (Lipinski definition) is 3. The first-order chi connectivity index (χ1) is 10.2. The number of halogens is 1. The van der Waals surface area contributed by atoms with Gasteiger partial charge in [0.15, 0.2) is 0 Å². The number of likely N-dealkylation sites (tertiary alicyclic amines) is 1. The minimum absolute atomic E-state index is 0.266. The van der Waals surface area contributed by atoms with Crippen LogP contribution in [0.5, 0.6) is 0 Å². The number of carboxylic acids is 1. The van der Waals surface area contributed by atoms with Crippen LogP contribution in [0.3, 0.4) is 0 Å². The maximum Gasteiger partial charge on any atom is 0.310 e. The molecule has 0 spiro atoms. The maximum atomic E-state index is 13.5. The largest absolute Gasteiger partial charge is 0.481 e. The van der Waals surface area contributed by atoms with Crippen molar-refractivity contribution < 1.29 is 19.1 Å². The number of amides is 1. The lowest BCUT2D eigenvalue weighted by molar-refractivity contribution is -0.147. The Hall–Kier alpha value is -1.95. The van der Waals surface area contributed by atoms with E-state index < -0.39 is 17.4 Å². The number of nitrogens with zero attached hydrogens (tertiary/aromatic N) is 1. The number of aryl methyl sites for hydroxylation is 1. The van der Waals surface area contributed by atoms with Gasteiger partial charge in [-0.05, 0) is 44.9 Å². The summed E-state index contributed by atoms with van der Waals surface area (Å²) in [5.74, 6) is -1.48. The van der Waals surface area contributed by atoms with Gasteiger partial charge < -0.3 is 10.4 Å². The number of hydrogen-bond donors (Lipinski definition) is 2. The van der Waals surface area contributed by atoms with Gasteiger partial charge in [-0.15, -0.1) is 0 Å². The van der Waals surface area contributed by atoms with Crippen molar-refractivity contribution >= 4 is 17.6 Å². The third-order valence-electron chi connectivity index (χ3n) is 4.39. The third kappa shape index (κ3) is 3.27. The summed E-state index contributed by atoms with van der Waals surface area (Å²) in [6, 6.07) is 4.07. The van der Waals surface area contributed by atoms with Gasteiger partial charge in [-0.2, -0.15) is 0 Å². The van der Waals surface area contributed by atoms with Gasteiger partial charge in [-0.3, -0.25) is 14.5 Å². The monoisotopic (exact) mass is 308 g/mol. The second-order valence-corrected chi connectivity index (χ2v) is 6.22. The van der Waals surface area contributed by atoms with Crippen LogP contribution in [0.2, 0.25) is 0 Å². The van der Waals surface area contributed by atoms with E-state index in [4.69, 9.17) is 0 Å². The van der Waals surface area contributed by atoms with Crippen LogP contribution < -0.4 is 5.32 Å². The van der Waals surface area contributed by atoms with Crippen LogP contribution in [-0.2, 0) is 9.59 Å². The number of benzene rings is 1. The van der Waals surface area contributed by atoms with E-state index in [9.17, 15) is 19.1 Å². The van der Waals surface area contributed by atoms with Crippen molar-refractivity contribution in [3.63, 3.8) is 0 Å². The highest BCUT2D eigenvalue weighted by Crippen LogP contribution is 2.31. The minimum atomic E-state index is -0.844. The Morgan fingerprint density at radius 3 is 2.68 bits per heavy atom. The van der Waals surface area contributed by atoms with E-state index in [0.717, 1.165) is 0 Å². The van der Waals surface area contributed by atoms with E-state index in [1.165, 1.54) is 6.07 Å². The molecule has 5 nitrogen and oxygen atoms in total. The molecule has 0 aliphatic carbocycles. The topological polar surface area (TPSA) is 69.6 Å². The molecule has 22 heavy (non-hydrogen) atoms. The highest BCUT2D eigenvalue weighted by Gasteiger charge is 2.42. The van der Waals surface area contributed by atoms with Crippen LogP contribution in [0, 0.1) is 18.2 Å². The molecule has 1 aliphatic rings. The second kappa shape index (κ2) is 6.04. The Labute approximate surface area is 129 Å². The van der Waals surface area contributed by atoms with E-state index in [0.29, 0.717) is 30.8 Å². The molecule has 1 heterocycles. The number of rotatable bonds is 4. The van der Waals surface area contributed by atoms with Crippen LogP contribution in [-0.4, -0.2) is 41.0 Å². The zero-order chi connectivity index (χ0) is 16.5. The van der Waals surface area contributed by atoms with E-state index in [2.05, 4.69) is 5.32 Å². The third-order valence-corrected chi connectivity index (χ3v) is 4.39. The van der Waals surface area contributed by atoms with Gasteiger partial charge in [0, 0.05) is 18.8 Å². The summed E-state index contributed by atoms with van der Waals surface area (Å²) in [4.78, 5) is 25.3. The summed E-state index contributed by atoms with van der Waals surface area (Å²) in [6.07, 6.45) is 0.513. The molecule has 0 aromatic heterocycles. The summed E-state index contributed by atoms with van der Waals surface area (Å²) in [6.45, 7) is 5.96. The van der Waals surface area contributed by atoms with Crippen molar-refractivity contribution in [2.45, 2.75) is 33.2 Å². The number of nitrogens with one attached hydrogen (secondary N) is 1. The Morgan fingerprint density at radius 2 is 2.14 bits per heavy atom. The second-order valence-electron chi connectivity index (χ2n) is 6.22. The average Bonchev–Trinajstić information content (AvgIpc) is 2.86. The summed E-state index contributed by atoms with van der Waals surface area (Å²) >= 11 is 0. The fraction of sp³-hybridized carbons (Fsp3) is 0.500. The van der Waals surface area contributed by atoms with Gasteiger partial charge in [0.05, 0.1) is 11.5 Å². The molecule has 1 saturated heterocycles. The van der Waals surface area contributed by atoms with Gasteiger partial charge >= 0.3 is 5.97 Å². The molecule has 0 saturated carbocycles. The first kappa shape index (κ1) is 16.4. The smallest absolute Gasteiger partial charge is 0.310 e. The van der Waals surface area contributed by atoms with Gasteiger partial charge in [0.2, 0.25) is 5.91 Å². The van der Waals surface area contributed by atoms with Crippen molar-refractivity contribution in [2.24, 2.45) is 5.41 Å². The molecular weight excluding hydrogens is 287 g/mol. The molecule has 2 rings (SSSR count). The van der Waals surface area contributed by atoms with Crippen LogP contribution in [0.1, 0.15) is 25.8 Å². The molecule has 6 heteroatoms. The Kier molecular flexibility index (Phi) is 4.51. The first-order valence-electron chi connectivity index (χ1n) is 7.27. The highest BCUT2D eigenvalue weighted by molar-refractivity contribution is 5.94. The average molecular weight is 308 g/mol. The SMILES string of the molecule is Cc1ccc(NC(=O)C(C)N2CCC(C)(C(=O)O)C2)cc1F. The minimum Gasteiger partial charge on any atom is -0.481 e. The number of anilines is 1. The first-order valence-corrected chi connectivity index (χ1v) is 7.27. The van der Waals surface area contributed by atoms with Gasteiger partial charge in [-0.1, -0.05) is 6.07 Å². The highest BCUT2D eigenvalue weighted by atomic mass is 19.1.